The number of hydrogen-bond acceptors (Lipinski definition) is 5. The molecule has 3 atom stereocenters. The maximum absolute atomic E-state index is 13.2. The molecule has 170 valence electrons. The van der Waals surface area contributed by atoms with Crippen LogP contribution in [0.15, 0.2) is 54.6 Å². The average Bonchev–Trinajstić information content (AvgIpc) is 3.27. The van der Waals surface area contributed by atoms with E-state index in [1.807, 2.05) is 30.3 Å². The van der Waals surface area contributed by atoms with Crippen molar-refractivity contribution >= 4 is 17.8 Å². The first-order valence-electron chi connectivity index (χ1n) is 10.6. The first-order chi connectivity index (χ1) is 15.3. The van der Waals surface area contributed by atoms with Crippen molar-refractivity contribution in [3.8, 4) is 5.75 Å². The largest absolute Gasteiger partial charge is 0.508 e. The first kappa shape index (κ1) is 23.3. The highest BCUT2D eigenvalue weighted by molar-refractivity contribution is 5.92. The Morgan fingerprint density at radius 2 is 1.69 bits per heavy atom. The summed E-state index contributed by atoms with van der Waals surface area (Å²) in [5, 5.41) is 19.1. The van der Waals surface area contributed by atoms with Gasteiger partial charge in [0.2, 0.25) is 11.8 Å². The molecule has 0 bridgehead atoms. The molecule has 32 heavy (non-hydrogen) atoms. The van der Waals surface area contributed by atoms with Crippen molar-refractivity contribution in [1.29, 1.82) is 0 Å². The molecule has 0 saturated carbocycles. The van der Waals surface area contributed by atoms with Crippen LogP contribution in [0, 0.1) is 0 Å². The summed E-state index contributed by atoms with van der Waals surface area (Å²) in [5.41, 5.74) is 7.76. The monoisotopic (exact) mass is 439 g/mol. The van der Waals surface area contributed by atoms with Crippen LogP contribution in [0.3, 0.4) is 0 Å². The summed E-state index contributed by atoms with van der Waals surface area (Å²) in [6.07, 6.45) is 1.58. The lowest BCUT2D eigenvalue weighted by atomic mass is 10.0. The summed E-state index contributed by atoms with van der Waals surface area (Å²) in [6, 6.07) is 13.0. The van der Waals surface area contributed by atoms with Gasteiger partial charge in [-0.3, -0.25) is 9.59 Å². The van der Waals surface area contributed by atoms with Crippen LogP contribution < -0.4 is 5.73 Å². The molecule has 8 heteroatoms. The van der Waals surface area contributed by atoms with Gasteiger partial charge < -0.3 is 25.7 Å². The summed E-state index contributed by atoms with van der Waals surface area (Å²) in [4.78, 5) is 40.8. The molecular formula is C24H29N3O5. The molecule has 1 aliphatic rings. The third-order valence-corrected chi connectivity index (χ3v) is 5.90. The summed E-state index contributed by atoms with van der Waals surface area (Å²) >= 11 is 0. The Bertz CT molecular complexity index is 948. The highest BCUT2D eigenvalue weighted by atomic mass is 16.4. The van der Waals surface area contributed by atoms with Crippen molar-refractivity contribution in [2.24, 2.45) is 5.73 Å². The lowest BCUT2D eigenvalue weighted by Gasteiger charge is -2.32. The van der Waals surface area contributed by atoms with Gasteiger partial charge >= 0.3 is 5.97 Å². The topological polar surface area (TPSA) is 124 Å². The normalized spacial score (nSPS) is 17.6. The SMILES string of the molecule is CN(C(=O)C1CCCN1C(=O)C(N)Cc1ccc(O)cc1)C(Cc1ccccc1)C(=O)O. The van der Waals surface area contributed by atoms with Gasteiger partial charge in [0.1, 0.15) is 17.8 Å². The number of aromatic hydroxyl groups is 1. The van der Waals surface area contributed by atoms with Gasteiger partial charge in [0.15, 0.2) is 0 Å². The minimum atomic E-state index is -1.09. The zero-order valence-electron chi connectivity index (χ0n) is 18.1. The fourth-order valence-electron chi connectivity index (χ4n) is 4.09. The number of benzene rings is 2. The van der Waals surface area contributed by atoms with Crippen molar-refractivity contribution in [1.82, 2.24) is 9.80 Å². The number of rotatable bonds is 8. The van der Waals surface area contributed by atoms with Gasteiger partial charge in [-0.1, -0.05) is 42.5 Å². The quantitative estimate of drug-likeness (QED) is 0.571. The number of likely N-dealkylation sites (N-methyl/N-ethyl adjacent to an activating group) is 1. The minimum absolute atomic E-state index is 0.130. The van der Waals surface area contributed by atoms with Crippen LogP contribution >= 0.6 is 0 Å². The third kappa shape index (κ3) is 5.45. The summed E-state index contributed by atoms with van der Waals surface area (Å²) < 4.78 is 0. The molecule has 8 nitrogen and oxygen atoms in total. The molecule has 0 aromatic heterocycles. The van der Waals surface area contributed by atoms with Crippen molar-refractivity contribution in [2.75, 3.05) is 13.6 Å². The smallest absolute Gasteiger partial charge is 0.326 e. The highest BCUT2D eigenvalue weighted by Crippen LogP contribution is 2.22. The number of phenols is 1. The van der Waals surface area contributed by atoms with E-state index >= 15 is 0 Å². The average molecular weight is 440 g/mol. The van der Waals surface area contributed by atoms with E-state index in [0.717, 1.165) is 11.1 Å². The molecule has 0 spiro atoms. The second-order valence-corrected chi connectivity index (χ2v) is 8.16. The van der Waals surface area contributed by atoms with Gasteiger partial charge in [0.05, 0.1) is 6.04 Å². The Labute approximate surface area is 187 Å². The molecule has 4 N–H and O–H groups in total. The molecule has 1 saturated heterocycles. The predicted molar refractivity (Wildman–Crippen MR) is 119 cm³/mol. The Morgan fingerprint density at radius 3 is 2.31 bits per heavy atom. The number of carbonyl (C=O) groups excluding carboxylic acids is 2. The number of carbonyl (C=O) groups is 3. The summed E-state index contributed by atoms with van der Waals surface area (Å²) in [5.74, 6) is -1.69. The van der Waals surface area contributed by atoms with E-state index in [9.17, 15) is 24.6 Å². The van der Waals surface area contributed by atoms with E-state index in [0.29, 0.717) is 19.4 Å². The Hall–Kier alpha value is -3.39. The highest BCUT2D eigenvalue weighted by Gasteiger charge is 2.40. The van der Waals surface area contributed by atoms with Gasteiger partial charge in [-0.15, -0.1) is 0 Å². The molecule has 0 radical (unpaired) electrons. The fourth-order valence-corrected chi connectivity index (χ4v) is 4.09. The standard InChI is InChI=1S/C24H29N3O5/c1-26(21(24(31)32)15-16-6-3-2-4-7-16)23(30)20-8-5-13-27(20)22(29)19(25)14-17-9-11-18(28)12-10-17/h2-4,6-7,9-12,19-21,28H,5,8,13-15,25H2,1H3,(H,31,32). The van der Waals surface area contributed by atoms with Crippen molar-refractivity contribution in [2.45, 2.75) is 43.8 Å². The number of carboxylic acid groups (broad SMARTS) is 1. The van der Waals surface area contributed by atoms with Crippen molar-refractivity contribution in [3.05, 3.63) is 65.7 Å². The maximum Gasteiger partial charge on any atom is 0.326 e. The van der Waals surface area contributed by atoms with Crippen molar-refractivity contribution < 1.29 is 24.6 Å². The van der Waals surface area contributed by atoms with E-state index in [1.54, 1.807) is 12.1 Å². The second-order valence-electron chi connectivity index (χ2n) is 8.16. The Morgan fingerprint density at radius 1 is 1.06 bits per heavy atom. The zero-order valence-corrected chi connectivity index (χ0v) is 18.1. The van der Waals surface area contributed by atoms with Crippen LogP contribution in [0.25, 0.3) is 0 Å². The molecular weight excluding hydrogens is 410 g/mol. The number of phenolic OH excluding ortho intramolecular Hbond substituents is 1. The van der Waals surface area contributed by atoms with Crippen LogP contribution in [0.2, 0.25) is 0 Å². The zero-order chi connectivity index (χ0) is 23.3. The van der Waals surface area contributed by atoms with E-state index in [4.69, 9.17) is 5.73 Å². The molecule has 3 rings (SSSR count). The van der Waals surface area contributed by atoms with E-state index in [-0.39, 0.29) is 24.5 Å². The van der Waals surface area contributed by atoms with Crippen LogP contribution in [0.4, 0.5) is 0 Å². The number of likely N-dealkylation sites (tertiary alicyclic amines) is 1. The van der Waals surface area contributed by atoms with Gasteiger partial charge in [-0.05, 0) is 42.5 Å². The molecule has 2 aromatic carbocycles. The van der Waals surface area contributed by atoms with Crippen LogP contribution in [-0.2, 0) is 27.2 Å². The van der Waals surface area contributed by atoms with E-state index in [1.165, 1.54) is 29.0 Å². The van der Waals surface area contributed by atoms with Crippen LogP contribution in [0.1, 0.15) is 24.0 Å². The predicted octanol–water partition coefficient (Wildman–Crippen LogP) is 1.41. The lowest BCUT2D eigenvalue weighted by molar-refractivity contribution is -0.152. The third-order valence-electron chi connectivity index (χ3n) is 5.90. The minimum Gasteiger partial charge on any atom is -0.508 e. The molecule has 2 aromatic rings. The van der Waals surface area contributed by atoms with Gasteiger partial charge in [0, 0.05) is 20.0 Å². The molecule has 1 aliphatic heterocycles. The molecule has 2 amide bonds. The summed E-state index contributed by atoms with van der Waals surface area (Å²) in [7, 11) is 1.47. The van der Waals surface area contributed by atoms with Crippen molar-refractivity contribution in [3.63, 3.8) is 0 Å². The lowest BCUT2D eigenvalue weighted by Crippen LogP contribution is -2.55. The number of carboxylic acids is 1. The first-order valence-corrected chi connectivity index (χ1v) is 10.6. The summed E-state index contributed by atoms with van der Waals surface area (Å²) in [6.45, 7) is 0.406. The number of nitrogens with two attached hydrogens (primary N) is 1. The number of nitrogens with zero attached hydrogens (tertiary/aromatic N) is 2. The number of hydrogen-bond donors (Lipinski definition) is 3. The molecule has 1 fully saturated rings. The molecule has 0 aliphatic carbocycles. The van der Waals surface area contributed by atoms with Gasteiger partial charge in [-0.25, -0.2) is 4.79 Å². The van der Waals surface area contributed by atoms with Crippen LogP contribution in [0.5, 0.6) is 5.75 Å². The number of amides is 2. The Balaban J connectivity index is 1.69. The fraction of sp³-hybridized carbons (Fsp3) is 0.375. The van der Waals surface area contributed by atoms with Gasteiger partial charge in [0.25, 0.3) is 0 Å². The molecule has 3 unspecified atom stereocenters. The van der Waals surface area contributed by atoms with Crippen LogP contribution in [-0.4, -0.2) is 69.5 Å². The van der Waals surface area contributed by atoms with E-state index < -0.39 is 30.0 Å². The number of aliphatic carboxylic acids is 1. The molecule has 1 heterocycles. The maximum atomic E-state index is 13.2. The Kier molecular flexibility index (Phi) is 7.48. The van der Waals surface area contributed by atoms with Gasteiger partial charge in [-0.2, -0.15) is 0 Å². The van der Waals surface area contributed by atoms with E-state index in [2.05, 4.69) is 0 Å². The second kappa shape index (κ2) is 10.3.